The fraction of sp³-hybridized carbons (Fsp3) is 0.600. The van der Waals surface area contributed by atoms with Gasteiger partial charge in [0, 0.05) is 32.6 Å². The minimum absolute atomic E-state index is 0. The molecule has 152 valence electrons. The lowest BCUT2D eigenvalue weighted by Gasteiger charge is -2.16. The zero-order chi connectivity index (χ0) is 18.8. The Labute approximate surface area is 180 Å². The molecule has 0 radical (unpaired) electrons. The Morgan fingerprint density at radius 2 is 2.15 bits per heavy atom. The van der Waals surface area contributed by atoms with Crippen molar-refractivity contribution in [2.45, 2.75) is 52.7 Å². The Morgan fingerprint density at radius 1 is 1.33 bits per heavy atom. The van der Waals surface area contributed by atoms with E-state index in [0.29, 0.717) is 13.0 Å². The Bertz CT molecular complexity index is 607. The maximum absolute atomic E-state index is 11.6. The summed E-state index contributed by atoms with van der Waals surface area (Å²) >= 11 is 0. The van der Waals surface area contributed by atoms with E-state index >= 15 is 0 Å². The minimum atomic E-state index is 0. The van der Waals surface area contributed by atoms with Crippen molar-refractivity contribution in [3.05, 3.63) is 29.8 Å². The Morgan fingerprint density at radius 3 is 2.81 bits per heavy atom. The zero-order valence-electron chi connectivity index (χ0n) is 16.7. The molecule has 1 saturated heterocycles. The van der Waals surface area contributed by atoms with E-state index in [1.165, 1.54) is 0 Å². The van der Waals surface area contributed by atoms with Crippen molar-refractivity contribution in [3.8, 4) is 5.75 Å². The molecule has 2 N–H and O–H groups in total. The van der Waals surface area contributed by atoms with Crippen LogP contribution in [0.1, 0.15) is 45.6 Å². The molecule has 0 aliphatic carbocycles. The van der Waals surface area contributed by atoms with Gasteiger partial charge in [-0.2, -0.15) is 0 Å². The number of carbonyl (C=O) groups excluding carboxylic acids is 1. The number of benzene rings is 1. The van der Waals surface area contributed by atoms with E-state index < -0.39 is 0 Å². The van der Waals surface area contributed by atoms with E-state index in [0.717, 1.165) is 56.3 Å². The van der Waals surface area contributed by atoms with Gasteiger partial charge in [0.15, 0.2) is 5.96 Å². The number of ether oxygens (including phenoxy) is 1. The first-order valence-electron chi connectivity index (χ1n) is 9.64. The maximum Gasteiger partial charge on any atom is 0.222 e. The number of aliphatic imine (C=N–C) groups is 1. The molecule has 6 nitrogen and oxygen atoms in total. The van der Waals surface area contributed by atoms with Gasteiger partial charge in [-0.05, 0) is 51.3 Å². The lowest BCUT2D eigenvalue weighted by molar-refractivity contribution is -0.127. The number of carbonyl (C=O) groups is 1. The Kier molecular flexibility index (Phi) is 11.2. The molecule has 0 unspecified atom stereocenters. The lowest BCUT2D eigenvalue weighted by atomic mass is 10.2. The molecule has 0 bridgehead atoms. The van der Waals surface area contributed by atoms with E-state index in [9.17, 15) is 4.79 Å². The number of halogens is 1. The molecular weight excluding hydrogens is 455 g/mol. The van der Waals surface area contributed by atoms with Gasteiger partial charge in [-0.15, -0.1) is 24.0 Å². The summed E-state index contributed by atoms with van der Waals surface area (Å²) in [6.07, 6.45) is 2.79. The fourth-order valence-corrected chi connectivity index (χ4v) is 2.92. The molecule has 2 rings (SSSR count). The van der Waals surface area contributed by atoms with Gasteiger partial charge in [0.25, 0.3) is 0 Å². The van der Waals surface area contributed by atoms with Crippen LogP contribution in [0.25, 0.3) is 0 Å². The van der Waals surface area contributed by atoms with Crippen LogP contribution in [-0.2, 0) is 11.3 Å². The molecular formula is C20H33IN4O2. The highest BCUT2D eigenvalue weighted by Crippen LogP contribution is 2.15. The van der Waals surface area contributed by atoms with Crippen molar-refractivity contribution in [1.29, 1.82) is 0 Å². The molecule has 1 fully saturated rings. The molecule has 1 aromatic rings. The third-order valence-electron chi connectivity index (χ3n) is 4.10. The van der Waals surface area contributed by atoms with Crippen LogP contribution in [0.2, 0.25) is 0 Å². The van der Waals surface area contributed by atoms with Gasteiger partial charge < -0.3 is 20.3 Å². The summed E-state index contributed by atoms with van der Waals surface area (Å²) < 4.78 is 5.73. The normalized spacial score (nSPS) is 14.3. The number of nitrogens with zero attached hydrogens (tertiary/aromatic N) is 2. The molecule has 1 heterocycles. The summed E-state index contributed by atoms with van der Waals surface area (Å²) in [5.41, 5.74) is 1.11. The summed E-state index contributed by atoms with van der Waals surface area (Å²) in [6.45, 7) is 10.0. The second kappa shape index (κ2) is 12.8. The number of hydrogen-bond acceptors (Lipinski definition) is 3. The first-order valence-corrected chi connectivity index (χ1v) is 9.64. The first-order chi connectivity index (χ1) is 12.6. The summed E-state index contributed by atoms with van der Waals surface area (Å²) in [7, 11) is 0. The monoisotopic (exact) mass is 488 g/mol. The standard InChI is InChI=1S/C20H32N4O2.HI/c1-4-21-20(22-11-7-13-24-12-6-10-19(24)25)23-15-17-8-5-9-18(14-17)26-16(2)3;/h5,8-9,14,16H,4,6-7,10-13,15H2,1-3H3,(H2,21,22,23);1H. The largest absolute Gasteiger partial charge is 0.491 e. The van der Waals surface area contributed by atoms with Crippen molar-refractivity contribution < 1.29 is 9.53 Å². The number of hydrogen-bond donors (Lipinski definition) is 2. The molecule has 0 atom stereocenters. The third-order valence-corrected chi connectivity index (χ3v) is 4.10. The Hall–Kier alpha value is -1.51. The highest BCUT2D eigenvalue weighted by molar-refractivity contribution is 14.0. The van der Waals surface area contributed by atoms with Crippen LogP contribution >= 0.6 is 24.0 Å². The maximum atomic E-state index is 11.6. The van der Waals surface area contributed by atoms with Gasteiger partial charge in [-0.1, -0.05) is 12.1 Å². The number of guanidine groups is 1. The van der Waals surface area contributed by atoms with Crippen molar-refractivity contribution in [1.82, 2.24) is 15.5 Å². The quantitative estimate of drug-likeness (QED) is 0.243. The number of rotatable bonds is 9. The average molecular weight is 488 g/mol. The molecule has 0 saturated carbocycles. The van der Waals surface area contributed by atoms with Crippen LogP contribution in [0.5, 0.6) is 5.75 Å². The zero-order valence-corrected chi connectivity index (χ0v) is 19.0. The lowest BCUT2D eigenvalue weighted by Crippen LogP contribution is -2.39. The molecule has 1 amide bonds. The number of amides is 1. The summed E-state index contributed by atoms with van der Waals surface area (Å²) in [5, 5.41) is 6.61. The van der Waals surface area contributed by atoms with Gasteiger partial charge in [-0.3, -0.25) is 4.79 Å². The summed E-state index contributed by atoms with van der Waals surface area (Å²) in [6, 6.07) is 8.05. The molecule has 0 spiro atoms. The van der Waals surface area contributed by atoms with Crippen LogP contribution in [0.3, 0.4) is 0 Å². The van der Waals surface area contributed by atoms with E-state index in [2.05, 4.69) is 28.6 Å². The van der Waals surface area contributed by atoms with Gasteiger partial charge >= 0.3 is 0 Å². The molecule has 0 aromatic heterocycles. The van der Waals surface area contributed by atoms with Crippen LogP contribution in [0.4, 0.5) is 0 Å². The SMILES string of the molecule is CCNC(=NCc1cccc(OC(C)C)c1)NCCCN1CCCC1=O.I. The molecule has 7 heteroatoms. The topological polar surface area (TPSA) is 66.0 Å². The van der Waals surface area contributed by atoms with Gasteiger partial charge in [-0.25, -0.2) is 4.99 Å². The van der Waals surface area contributed by atoms with Gasteiger partial charge in [0.05, 0.1) is 12.6 Å². The van der Waals surface area contributed by atoms with Crippen LogP contribution in [0, 0.1) is 0 Å². The van der Waals surface area contributed by atoms with E-state index in [1.54, 1.807) is 0 Å². The molecule has 1 aliphatic rings. The van der Waals surface area contributed by atoms with Gasteiger partial charge in [0.1, 0.15) is 5.75 Å². The highest BCUT2D eigenvalue weighted by Gasteiger charge is 2.18. The highest BCUT2D eigenvalue weighted by atomic mass is 127. The van der Waals surface area contributed by atoms with Crippen molar-refractivity contribution >= 4 is 35.8 Å². The predicted octanol–water partition coefficient (Wildman–Crippen LogP) is 3.16. The molecule has 27 heavy (non-hydrogen) atoms. The summed E-state index contributed by atoms with van der Waals surface area (Å²) in [4.78, 5) is 18.2. The van der Waals surface area contributed by atoms with Crippen molar-refractivity contribution in [3.63, 3.8) is 0 Å². The van der Waals surface area contributed by atoms with Crippen molar-refractivity contribution in [2.75, 3.05) is 26.2 Å². The molecule has 1 aromatic carbocycles. The Balaban J connectivity index is 0.00000364. The van der Waals surface area contributed by atoms with Crippen molar-refractivity contribution in [2.24, 2.45) is 4.99 Å². The van der Waals surface area contributed by atoms with Crippen LogP contribution < -0.4 is 15.4 Å². The van der Waals surface area contributed by atoms with Crippen LogP contribution in [-0.4, -0.2) is 49.0 Å². The number of likely N-dealkylation sites (tertiary alicyclic amines) is 1. The van der Waals surface area contributed by atoms with E-state index in [4.69, 9.17) is 4.74 Å². The minimum Gasteiger partial charge on any atom is -0.491 e. The average Bonchev–Trinajstić information content (AvgIpc) is 3.01. The number of nitrogens with one attached hydrogen (secondary N) is 2. The van der Waals surface area contributed by atoms with Gasteiger partial charge in [0.2, 0.25) is 5.91 Å². The van der Waals surface area contributed by atoms with E-state index in [1.807, 2.05) is 36.9 Å². The predicted molar refractivity (Wildman–Crippen MR) is 121 cm³/mol. The third kappa shape index (κ3) is 8.81. The fourth-order valence-electron chi connectivity index (χ4n) is 2.92. The van der Waals surface area contributed by atoms with E-state index in [-0.39, 0.29) is 36.0 Å². The summed E-state index contributed by atoms with van der Waals surface area (Å²) in [5.74, 6) is 1.96. The second-order valence-corrected chi connectivity index (χ2v) is 6.77. The van der Waals surface area contributed by atoms with Crippen LogP contribution in [0.15, 0.2) is 29.3 Å². The molecule has 1 aliphatic heterocycles. The first kappa shape index (κ1) is 23.5. The smallest absolute Gasteiger partial charge is 0.222 e. The second-order valence-electron chi connectivity index (χ2n) is 6.77.